The number of piperidine rings is 1. The molecule has 1 N–H and O–H groups in total. The minimum atomic E-state index is 0.147. The highest BCUT2D eigenvalue weighted by Gasteiger charge is 2.35. The lowest BCUT2D eigenvalue weighted by Gasteiger charge is -2.31. The number of para-hydroxylation sites is 1. The molecule has 0 aliphatic carbocycles. The van der Waals surface area contributed by atoms with Gasteiger partial charge in [0, 0.05) is 18.7 Å². The van der Waals surface area contributed by atoms with Crippen molar-refractivity contribution in [3.63, 3.8) is 0 Å². The average Bonchev–Trinajstić information content (AvgIpc) is 3.04. The summed E-state index contributed by atoms with van der Waals surface area (Å²) in [7, 11) is 1.70. The van der Waals surface area contributed by atoms with Crippen molar-refractivity contribution in [2.24, 2.45) is 5.92 Å². The van der Waals surface area contributed by atoms with E-state index in [1.54, 1.807) is 7.11 Å². The number of carbonyl (C=O) groups is 1. The zero-order chi connectivity index (χ0) is 14.7. The maximum atomic E-state index is 12.8. The van der Waals surface area contributed by atoms with E-state index in [1.807, 2.05) is 18.2 Å². The molecule has 114 valence electrons. The van der Waals surface area contributed by atoms with Crippen molar-refractivity contribution in [1.29, 1.82) is 0 Å². The number of ether oxygens (including phenoxy) is 1. The lowest BCUT2D eigenvalue weighted by atomic mass is 9.96. The average molecular weight is 288 g/mol. The Kier molecular flexibility index (Phi) is 4.44. The number of benzene rings is 1. The van der Waals surface area contributed by atoms with Gasteiger partial charge in [-0.3, -0.25) is 4.79 Å². The first-order chi connectivity index (χ1) is 10.3. The van der Waals surface area contributed by atoms with Gasteiger partial charge in [0.1, 0.15) is 5.75 Å². The fourth-order valence-corrected chi connectivity index (χ4v) is 3.59. The van der Waals surface area contributed by atoms with Crippen molar-refractivity contribution in [3.05, 3.63) is 29.8 Å². The topological polar surface area (TPSA) is 41.6 Å². The molecule has 2 fully saturated rings. The summed E-state index contributed by atoms with van der Waals surface area (Å²) in [6, 6.07) is 8.26. The number of hydrogen-bond donors (Lipinski definition) is 1. The molecule has 0 unspecified atom stereocenters. The molecule has 2 heterocycles. The Labute approximate surface area is 126 Å². The summed E-state index contributed by atoms with van der Waals surface area (Å²) in [4.78, 5) is 14.9. The summed E-state index contributed by atoms with van der Waals surface area (Å²) in [5.41, 5.74) is 1.15. The predicted molar refractivity (Wildman–Crippen MR) is 82.3 cm³/mol. The Morgan fingerprint density at radius 1 is 1.29 bits per heavy atom. The van der Waals surface area contributed by atoms with E-state index in [2.05, 4.69) is 16.3 Å². The molecule has 21 heavy (non-hydrogen) atoms. The normalized spacial score (nSPS) is 25.9. The molecule has 0 spiro atoms. The van der Waals surface area contributed by atoms with Crippen LogP contribution in [0.2, 0.25) is 0 Å². The smallest absolute Gasteiger partial charge is 0.227 e. The van der Waals surface area contributed by atoms with Gasteiger partial charge in [0.15, 0.2) is 0 Å². The summed E-state index contributed by atoms with van der Waals surface area (Å²) in [6.45, 7) is 2.74. The van der Waals surface area contributed by atoms with Crippen LogP contribution in [0, 0.1) is 5.92 Å². The molecule has 3 rings (SSSR count). The molecule has 4 nitrogen and oxygen atoms in total. The van der Waals surface area contributed by atoms with E-state index in [-0.39, 0.29) is 12.0 Å². The Morgan fingerprint density at radius 2 is 2.14 bits per heavy atom. The van der Waals surface area contributed by atoms with Crippen LogP contribution in [0.25, 0.3) is 0 Å². The van der Waals surface area contributed by atoms with E-state index in [0.29, 0.717) is 5.91 Å². The molecular formula is C17H24N2O2. The molecule has 2 atom stereocenters. The second-order valence-corrected chi connectivity index (χ2v) is 5.97. The lowest BCUT2D eigenvalue weighted by molar-refractivity contribution is -0.137. The van der Waals surface area contributed by atoms with Gasteiger partial charge in [-0.2, -0.15) is 0 Å². The van der Waals surface area contributed by atoms with Crippen molar-refractivity contribution in [2.75, 3.05) is 26.7 Å². The molecule has 0 radical (unpaired) electrons. The van der Waals surface area contributed by atoms with Crippen LogP contribution in [0.15, 0.2) is 24.3 Å². The van der Waals surface area contributed by atoms with Crippen molar-refractivity contribution in [1.82, 2.24) is 10.2 Å². The fraction of sp³-hybridized carbons (Fsp3) is 0.588. The van der Waals surface area contributed by atoms with Gasteiger partial charge < -0.3 is 15.0 Å². The summed E-state index contributed by atoms with van der Waals surface area (Å²) in [5, 5.41) is 3.34. The molecule has 1 aromatic rings. The van der Waals surface area contributed by atoms with Crippen molar-refractivity contribution >= 4 is 5.91 Å². The molecule has 2 saturated heterocycles. The van der Waals surface area contributed by atoms with Crippen molar-refractivity contribution < 1.29 is 9.53 Å². The molecular weight excluding hydrogens is 264 g/mol. The first-order valence-corrected chi connectivity index (χ1v) is 7.95. The Morgan fingerprint density at radius 3 is 2.90 bits per heavy atom. The quantitative estimate of drug-likeness (QED) is 0.928. The standard InChI is InChI=1S/C17H24N2O2/c1-21-16-9-3-2-7-14(16)15-8-5-11-19(15)17(20)13-6-4-10-18-12-13/h2-3,7,9,13,15,18H,4-6,8,10-12H2,1H3/t13-,15+/m1/s1. The van der Waals surface area contributed by atoms with Crippen LogP contribution in [-0.4, -0.2) is 37.6 Å². The highest BCUT2D eigenvalue weighted by Crippen LogP contribution is 2.38. The second kappa shape index (κ2) is 6.48. The number of rotatable bonds is 3. The highest BCUT2D eigenvalue weighted by molar-refractivity contribution is 5.80. The third-order valence-electron chi connectivity index (χ3n) is 4.68. The molecule has 2 aliphatic rings. The van der Waals surface area contributed by atoms with Gasteiger partial charge in [-0.1, -0.05) is 18.2 Å². The summed E-state index contributed by atoms with van der Waals surface area (Å²) < 4.78 is 5.48. The van der Waals surface area contributed by atoms with E-state index in [0.717, 1.165) is 56.6 Å². The number of nitrogens with zero attached hydrogens (tertiary/aromatic N) is 1. The fourth-order valence-electron chi connectivity index (χ4n) is 3.59. The van der Waals surface area contributed by atoms with Gasteiger partial charge in [-0.25, -0.2) is 0 Å². The summed E-state index contributed by atoms with van der Waals surface area (Å²) in [5.74, 6) is 1.36. The van der Waals surface area contributed by atoms with Gasteiger partial charge in [-0.15, -0.1) is 0 Å². The van der Waals surface area contributed by atoms with Crippen LogP contribution < -0.4 is 10.1 Å². The zero-order valence-corrected chi connectivity index (χ0v) is 12.7. The number of amides is 1. The molecule has 4 heteroatoms. The van der Waals surface area contributed by atoms with Crippen molar-refractivity contribution in [3.8, 4) is 5.75 Å². The number of methoxy groups -OCH3 is 1. The Balaban J connectivity index is 1.80. The van der Waals surface area contributed by atoms with E-state index >= 15 is 0 Å². The SMILES string of the molecule is COc1ccccc1[C@@H]1CCCN1C(=O)[C@@H]1CCCNC1. The van der Waals surface area contributed by atoms with Crippen LogP contribution in [0.5, 0.6) is 5.75 Å². The first-order valence-electron chi connectivity index (χ1n) is 7.95. The molecule has 0 saturated carbocycles. The monoisotopic (exact) mass is 288 g/mol. The van der Waals surface area contributed by atoms with Gasteiger partial charge in [0.25, 0.3) is 0 Å². The van der Waals surface area contributed by atoms with Gasteiger partial charge >= 0.3 is 0 Å². The Hall–Kier alpha value is -1.55. The van der Waals surface area contributed by atoms with Crippen LogP contribution >= 0.6 is 0 Å². The maximum absolute atomic E-state index is 12.8. The minimum Gasteiger partial charge on any atom is -0.496 e. The van der Waals surface area contributed by atoms with E-state index < -0.39 is 0 Å². The van der Waals surface area contributed by atoms with Crippen LogP contribution in [0.3, 0.4) is 0 Å². The van der Waals surface area contributed by atoms with Gasteiger partial charge in [0.2, 0.25) is 5.91 Å². The Bertz CT molecular complexity index is 497. The van der Waals surface area contributed by atoms with E-state index in [4.69, 9.17) is 4.74 Å². The summed E-state index contributed by atoms with van der Waals surface area (Å²) in [6.07, 6.45) is 4.23. The minimum absolute atomic E-state index is 0.147. The second-order valence-electron chi connectivity index (χ2n) is 5.97. The molecule has 1 aromatic carbocycles. The first kappa shape index (κ1) is 14.4. The number of hydrogen-bond acceptors (Lipinski definition) is 3. The third-order valence-corrected chi connectivity index (χ3v) is 4.68. The maximum Gasteiger partial charge on any atom is 0.227 e. The van der Waals surface area contributed by atoms with Crippen LogP contribution in [0.1, 0.15) is 37.3 Å². The lowest BCUT2D eigenvalue weighted by Crippen LogP contribution is -2.42. The number of likely N-dealkylation sites (tertiary alicyclic amines) is 1. The number of carbonyl (C=O) groups excluding carboxylic acids is 1. The molecule has 0 bridgehead atoms. The van der Waals surface area contributed by atoms with E-state index in [1.165, 1.54) is 0 Å². The van der Waals surface area contributed by atoms with Crippen molar-refractivity contribution in [2.45, 2.75) is 31.7 Å². The van der Waals surface area contributed by atoms with Crippen LogP contribution in [-0.2, 0) is 4.79 Å². The molecule has 0 aromatic heterocycles. The zero-order valence-electron chi connectivity index (χ0n) is 12.7. The largest absolute Gasteiger partial charge is 0.496 e. The predicted octanol–water partition coefficient (Wildman–Crippen LogP) is 2.36. The number of nitrogens with one attached hydrogen (secondary N) is 1. The summed E-state index contributed by atoms with van der Waals surface area (Å²) >= 11 is 0. The molecule has 2 aliphatic heterocycles. The van der Waals surface area contributed by atoms with Gasteiger partial charge in [0.05, 0.1) is 19.1 Å². The van der Waals surface area contributed by atoms with E-state index in [9.17, 15) is 4.79 Å². The third kappa shape index (κ3) is 2.91. The van der Waals surface area contributed by atoms with Gasteiger partial charge in [-0.05, 0) is 38.3 Å². The highest BCUT2D eigenvalue weighted by atomic mass is 16.5. The van der Waals surface area contributed by atoms with Crippen LogP contribution in [0.4, 0.5) is 0 Å². The molecule has 1 amide bonds.